The standard InChI is InChI=1S/C60H66N4O15/c65-58(66)37-77-55-31-46-26-44-29-53-57(79-39-60(69)70)33-48(44)27-45-30-54-56(78-38-59(67)68)32-47(45)25-43(46)28-52(55)74-22-19-71-49-7-1-40(2-8-49)34-61-13-16-64(17-14-62-35-41-3-9-50(10-4-41)72-20-23-75-53)18-15-63-36-42-5-11-51(12-6-42)73-21-24-76-54/h1-12,28-33,61-63H,13-27,34-39H2,(H,65,66)(H,67,68)(H,69,70). The molecule has 0 amide bonds. The predicted molar refractivity (Wildman–Crippen MR) is 291 cm³/mol. The van der Waals surface area contributed by atoms with Gasteiger partial charge in [-0.05, 0) is 142 Å². The molecule has 0 saturated carbocycles. The first-order chi connectivity index (χ1) is 38.6. The molecule has 14 aliphatic rings. The molecule has 0 fully saturated rings. The second-order valence-electron chi connectivity index (χ2n) is 19.2. The smallest absolute Gasteiger partial charge is 0.341 e. The molecule has 20 rings (SSSR count). The summed E-state index contributed by atoms with van der Waals surface area (Å²) >= 11 is 0. The van der Waals surface area contributed by atoms with E-state index in [4.69, 9.17) is 42.6 Å². The highest BCUT2D eigenvalue weighted by atomic mass is 16.6. The highest BCUT2D eigenvalue weighted by Crippen LogP contribution is 2.41. The van der Waals surface area contributed by atoms with Gasteiger partial charge in [0.2, 0.25) is 0 Å². The SMILES string of the molecule is O=C(O)COc1cc2c3cc1OCCOc1ccc(cc1)CNCCN1CCNCc4ccc(cc4)OCCOc4cc(c(cc4OCC(=O)O)Cc4cc(c(OCC(=O)O)cc4C3)OCCOc3ccc(cc3)CNCC1)C2. The first-order valence-corrected chi connectivity index (χ1v) is 26.5. The Hall–Kier alpha value is -8.23. The number of nitrogens with one attached hydrogen (secondary N) is 3. The minimum Gasteiger partial charge on any atom is -0.490 e. The zero-order valence-corrected chi connectivity index (χ0v) is 43.9. The van der Waals surface area contributed by atoms with Crippen LogP contribution in [-0.2, 0) is 53.3 Å². The van der Waals surface area contributed by atoms with E-state index < -0.39 is 37.7 Å². The zero-order valence-electron chi connectivity index (χ0n) is 43.9. The molecule has 13 aliphatic heterocycles. The molecule has 6 N–H and O–H groups in total. The van der Waals surface area contributed by atoms with Gasteiger partial charge in [0.05, 0.1) is 0 Å². The van der Waals surface area contributed by atoms with Crippen molar-refractivity contribution < 1.29 is 72.3 Å². The van der Waals surface area contributed by atoms with Crippen LogP contribution in [0, 0.1) is 0 Å². The molecule has 0 atom stereocenters. The lowest BCUT2D eigenvalue weighted by Gasteiger charge is -2.23. The maximum absolute atomic E-state index is 12.0. The van der Waals surface area contributed by atoms with Crippen molar-refractivity contribution in [2.24, 2.45) is 0 Å². The number of hydrogen-bond donors (Lipinski definition) is 6. The Bertz CT molecular complexity index is 2690. The summed E-state index contributed by atoms with van der Waals surface area (Å²) in [7, 11) is 0. The Morgan fingerprint density at radius 1 is 0.392 bits per heavy atom. The lowest BCUT2D eigenvalue weighted by Crippen LogP contribution is -2.40. The number of rotatable bonds is 9. The molecular weight excluding hydrogens is 1020 g/mol. The third kappa shape index (κ3) is 16.6. The predicted octanol–water partition coefficient (Wildman–Crippen LogP) is 6.13. The van der Waals surface area contributed by atoms with E-state index in [0.29, 0.717) is 36.9 Å². The number of carboxylic acids is 3. The molecule has 1 aliphatic carbocycles. The Balaban J connectivity index is 1.13. The number of nitrogens with zero attached hydrogens (tertiary/aromatic N) is 1. The first kappa shape index (κ1) is 55.5. The van der Waals surface area contributed by atoms with Crippen LogP contribution in [0.4, 0.5) is 0 Å². The largest absolute Gasteiger partial charge is 0.490 e. The summed E-state index contributed by atoms with van der Waals surface area (Å²) in [4.78, 5) is 38.3. The van der Waals surface area contributed by atoms with Gasteiger partial charge >= 0.3 is 17.9 Å². The van der Waals surface area contributed by atoms with Gasteiger partial charge in [0.25, 0.3) is 0 Å². The maximum atomic E-state index is 12.0. The van der Waals surface area contributed by atoms with Crippen LogP contribution in [0.3, 0.4) is 0 Å². The van der Waals surface area contributed by atoms with Gasteiger partial charge in [0.15, 0.2) is 54.3 Å². The molecule has 79 heavy (non-hydrogen) atoms. The van der Waals surface area contributed by atoms with E-state index in [-0.39, 0.29) is 93.4 Å². The molecule has 416 valence electrons. The molecule has 19 heteroatoms. The third-order valence-electron chi connectivity index (χ3n) is 13.4. The van der Waals surface area contributed by atoms with Crippen LogP contribution in [0.25, 0.3) is 0 Å². The average molecular weight is 1080 g/mol. The third-order valence-corrected chi connectivity index (χ3v) is 13.4. The monoisotopic (exact) mass is 1080 g/mol. The van der Waals surface area contributed by atoms with Gasteiger partial charge in [-0.15, -0.1) is 0 Å². The summed E-state index contributed by atoms with van der Waals surface area (Å²) in [6.07, 6.45) is 0.843. The molecule has 16 bridgehead atoms. The van der Waals surface area contributed by atoms with Crippen LogP contribution in [-0.4, -0.2) is 137 Å². The highest BCUT2D eigenvalue weighted by Gasteiger charge is 2.24. The number of carboxylic acid groups (broad SMARTS) is 3. The molecule has 0 radical (unpaired) electrons. The minimum absolute atomic E-state index is 0.0874. The lowest BCUT2D eigenvalue weighted by atomic mass is 9.94. The van der Waals surface area contributed by atoms with Crippen molar-refractivity contribution in [2.75, 3.05) is 98.7 Å². The summed E-state index contributed by atoms with van der Waals surface area (Å²) in [5, 5.41) is 40.1. The van der Waals surface area contributed by atoms with Gasteiger partial charge in [-0.3, -0.25) is 4.90 Å². The van der Waals surface area contributed by atoms with Gasteiger partial charge in [-0.25, -0.2) is 14.4 Å². The zero-order chi connectivity index (χ0) is 54.8. The quantitative estimate of drug-likeness (QED) is 0.0954. The second kappa shape index (κ2) is 27.9. The summed E-state index contributed by atoms with van der Waals surface area (Å²) in [5.74, 6) is -0.126. The molecule has 19 nitrogen and oxygen atoms in total. The van der Waals surface area contributed by atoms with E-state index in [2.05, 4.69) is 20.9 Å². The number of ether oxygens (including phenoxy) is 9. The van der Waals surface area contributed by atoms with Crippen molar-refractivity contribution in [1.82, 2.24) is 20.9 Å². The van der Waals surface area contributed by atoms with Crippen molar-refractivity contribution in [1.29, 1.82) is 0 Å². The molecule has 6 aromatic rings. The number of carbonyl (C=O) groups is 3. The van der Waals surface area contributed by atoms with E-state index in [1.807, 2.05) is 91.0 Å². The van der Waals surface area contributed by atoms with Crippen LogP contribution >= 0.6 is 0 Å². The van der Waals surface area contributed by atoms with Crippen molar-refractivity contribution in [3.8, 4) is 51.7 Å². The van der Waals surface area contributed by atoms with E-state index in [0.717, 1.165) is 89.3 Å². The minimum atomic E-state index is -1.18. The van der Waals surface area contributed by atoms with E-state index in [1.54, 1.807) is 18.2 Å². The second-order valence-corrected chi connectivity index (χ2v) is 19.2. The van der Waals surface area contributed by atoms with Crippen LogP contribution in [0.15, 0.2) is 109 Å². The summed E-state index contributed by atoms with van der Waals surface area (Å²) in [5.41, 5.74) is 7.92. The summed E-state index contributed by atoms with van der Waals surface area (Å²) in [6.45, 7) is 5.77. The Labute approximate surface area is 458 Å². The molecule has 0 aromatic heterocycles. The van der Waals surface area contributed by atoms with E-state index in [9.17, 15) is 29.7 Å². The fourth-order valence-corrected chi connectivity index (χ4v) is 9.42. The fraction of sp³-hybridized carbons (Fsp3) is 0.350. The topological polar surface area (TPSA) is 234 Å². The number of fused-ring (bicyclic) bond motifs is 1. The van der Waals surface area contributed by atoms with Crippen molar-refractivity contribution >= 4 is 17.9 Å². The molecule has 13 heterocycles. The number of hydrogen-bond acceptors (Lipinski definition) is 16. The Morgan fingerprint density at radius 3 is 0.937 bits per heavy atom. The Kier molecular flexibility index (Phi) is 19.6. The fourth-order valence-electron chi connectivity index (χ4n) is 9.42. The average Bonchev–Trinajstić information content (AvgIpc) is 3.58. The number of aliphatic carboxylic acids is 3. The summed E-state index contributed by atoms with van der Waals surface area (Å²) in [6, 6.07) is 34.4. The van der Waals surface area contributed by atoms with Gasteiger partial charge in [0.1, 0.15) is 56.9 Å². The van der Waals surface area contributed by atoms with Gasteiger partial charge in [-0.2, -0.15) is 0 Å². The van der Waals surface area contributed by atoms with Crippen molar-refractivity contribution in [3.05, 3.63) is 159 Å². The summed E-state index contributed by atoms with van der Waals surface area (Å²) < 4.78 is 55.2. The molecule has 0 spiro atoms. The van der Waals surface area contributed by atoms with E-state index >= 15 is 0 Å². The number of benzene rings is 6. The molecule has 0 unspecified atom stereocenters. The van der Waals surface area contributed by atoms with Crippen LogP contribution < -0.4 is 58.6 Å². The van der Waals surface area contributed by atoms with Crippen molar-refractivity contribution in [3.63, 3.8) is 0 Å². The van der Waals surface area contributed by atoms with Crippen molar-refractivity contribution in [2.45, 2.75) is 38.9 Å². The molecule has 6 aromatic carbocycles. The highest BCUT2D eigenvalue weighted by molar-refractivity contribution is 5.70. The van der Waals surface area contributed by atoms with Crippen LogP contribution in [0.5, 0.6) is 51.7 Å². The lowest BCUT2D eigenvalue weighted by molar-refractivity contribution is -0.140. The van der Waals surface area contributed by atoms with Gasteiger partial charge < -0.3 is 73.9 Å². The molecular formula is C60H66N4O15. The van der Waals surface area contributed by atoms with Crippen LogP contribution in [0.1, 0.15) is 50.1 Å². The first-order valence-electron chi connectivity index (χ1n) is 26.5. The van der Waals surface area contributed by atoms with Crippen LogP contribution in [0.2, 0.25) is 0 Å². The maximum Gasteiger partial charge on any atom is 0.341 e. The van der Waals surface area contributed by atoms with Gasteiger partial charge in [-0.1, -0.05) is 36.4 Å². The molecule has 0 saturated heterocycles. The van der Waals surface area contributed by atoms with Gasteiger partial charge in [0, 0.05) is 58.9 Å². The van der Waals surface area contributed by atoms with E-state index in [1.165, 1.54) is 0 Å². The normalized spacial score (nSPS) is 15.8. The Morgan fingerprint density at radius 2 is 0.658 bits per heavy atom.